The van der Waals surface area contributed by atoms with Gasteiger partial charge in [0.2, 0.25) is 0 Å². The second-order valence-electron chi connectivity index (χ2n) is 6.16. The Bertz CT molecular complexity index is 1210. The number of carbonyl (C=O) groups is 1. The van der Waals surface area contributed by atoms with Crippen LogP contribution in [0.3, 0.4) is 0 Å². The molecular formula is C21H17FN4O3S. The summed E-state index contributed by atoms with van der Waals surface area (Å²) < 4.78 is 24.5. The zero-order valence-electron chi connectivity index (χ0n) is 16.2. The normalized spacial score (nSPS) is 10.8. The second kappa shape index (κ2) is 8.42. The van der Waals surface area contributed by atoms with E-state index in [1.165, 1.54) is 29.7 Å². The van der Waals surface area contributed by atoms with Gasteiger partial charge in [0.15, 0.2) is 16.8 Å². The van der Waals surface area contributed by atoms with Gasteiger partial charge in [0.25, 0.3) is 0 Å². The molecule has 4 aromatic rings. The number of anilines is 2. The number of hydrogen-bond acceptors (Lipinski definition) is 8. The summed E-state index contributed by atoms with van der Waals surface area (Å²) in [6, 6.07) is 11.6. The zero-order chi connectivity index (χ0) is 21.1. The summed E-state index contributed by atoms with van der Waals surface area (Å²) in [4.78, 5) is 25.6. The van der Waals surface area contributed by atoms with Crippen molar-refractivity contribution in [1.29, 1.82) is 0 Å². The highest BCUT2D eigenvalue weighted by Gasteiger charge is 2.18. The number of esters is 1. The maximum absolute atomic E-state index is 13.5. The molecule has 0 aliphatic heterocycles. The smallest absolute Gasteiger partial charge is 0.343 e. The molecule has 7 nitrogen and oxygen atoms in total. The minimum Gasteiger partial charge on any atom is -0.497 e. The van der Waals surface area contributed by atoms with Gasteiger partial charge in [-0.05, 0) is 49.4 Å². The van der Waals surface area contributed by atoms with Crippen molar-refractivity contribution in [2.75, 3.05) is 19.0 Å². The lowest BCUT2D eigenvalue weighted by molar-refractivity contribution is 0.0526. The summed E-state index contributed by atoms with van der Waals surface area (Å²) in [5, 5.41) is 3.53. The average molecular weight is 424 g/mol. The Morgan fingerprint density at radius 2 is 1.97 bits per heavy atom. The molecule has 0 unspecified atom stereocenters. The Morgan fingerprint density at radius 3 is 2.70 bits per heavy atom. The first kappa shape index (κ1) is 19.7. The van der Waals surface area contributed by atoms with Gasteiger partial charge in [-0.2, -0.15) is 0 Å². The van der Waals surface area contributed by atoms with E-state index in [0.717, 1.165) is 5.56 Å². The third kappa shape index (κ3) is 4.06. The predicted octanol–water partition coefficient (Wildman–Crippen LogP) is 4.82. The molecule has 9 heteroatoms. The molecule has 0 saturated heterocycles. The fraction of sp³-hybridized carbons (Fsp3) is 0.143. The third-order valence-electron chi connectivity index (χ3n) is 4.21. The molecule has 0 aliphatic rings. The van der Waals surface area contributed by atoms with Crippen LogP contribution in [0, 0.1) is 5.82 Å². The van der Waals surface area contributed by atoms with E-state index in [1.807, 2.05) is 12.1 Å². The SMILES string of the molecule is CCOC(=O)c1cnc(-c2ccc(OC)cc2)nc1Nc1nc2ccc(F)cc2s1. The highest BCUT2D eigenvalue weighted by Crippen LogP contribution is 2.30. The first-order chi connectivity index (χ1) is 14.6. The van der Waals surface area contributed by atoms with Crippen molar-refractivity contribution in [3.05, 3.63) is 60.0 Å². The molecule has 0 radical (unpaired) electrons. The molecule has 0 spiro atoms. The molecule has 2 heterocycles. The van der Waals surface area contributed by atoms with Crippen LogP contribution in [0.1, 0.15) is 17.3 Å². The van der Waals surface area contributed by atoms with E-state index in [4.69, 9.17) is 9.47 Å². The standard InChI is InChI=1S/C21H17FN4O3S/c1-3-29-20(27)15-11-23-18(12-4-7-14(28-2)8-5-12)25-19(15)26-21-24-16-9-6-13(22)10-17(16)30-21/h4-11H,3H2,1-2H3,(H,23,24,25,26). The van der Waals surface area contributed by atoms with E-state index in [-0.39, 0.29) is 23.8 Å². The Hall–Kier alpha value is -3.59. The number of fused-ring (bicyclic) bond motifs is 1. The van der Waals surface area contributed by atoms with Gasteiger partial charge in [0.05, 0.1) is 23.9 Å². The third-order valence-corrected chi connectivity index (χ3v) is 5.14. The van der Waals surface area contributed by atoms with Gasteiger partial charge >= 0.3 is 5.97 Å². The van der Waals surface area contributed by atoms with Gasteiger partial charge < -0.3 is 14.8 Å². The lowest BCUT2D eigenvalue weighted by Crippen LogP contribution is -2.11. The van der Waals surface area contributed by atoms with Crippen molar-refractivity contribution < 1.29 is 18.7 Å². The van der Waals surface area contributed by atoms with E-state index in [1.54, 1.807) is 32.2 Å². The van der Waals surface area contributed by atoms with Crippen LogP contribution < -0.4 is 10.1 Å². The van der Waals surface area contributed by atoms with Gasteiger partial charge in [-0.25, -0.2) is 24.1 Å². The van der Waals surface area contributed by atoms with Crippen molar-refractivity contribution in [3.8, 4) is 17.1 Å². The Balaban J connectivity index is 1.73. The Labute approximate surface area is 175 Å². The number of hydrogen-bond donors (Lipinski definition) is 1. The second-order valence-corrected chi connectivity index (χ2v) is 7.19. The van der Waals surface area contributed by atoms with Crippen LogP contribution in [-0.4, -0.2) is 34.6 Å². The van der Waals surface area contributed by atoms with Crippen LogP contribution in [0.25, 0.3) is 21.6 Å². The molecule has 1 N–H and O–H groups in total. The van der Waals surface area contributed by atoms with Gasteiger partial charge in [0.1, 0.15) is 17.1 Å². The Morgan fingerprint density at radius 1 is 1.17 bits per heavy atom. The number of halogens is 1. The minimum absolute atomic E-state index is 0.180. The quantitative estimate of drug-likeness (QED) is 0.444. The van der Waals surface area contributed by atoms with Gasteiger partial charge in [0, 0.05) is 11.8 Å². The number of carbonyl (C=O) groups excluding carboxylic acids is 1. The van der Waals surface area contributed by atoms with E-state index in [2.05, 4.69) is 20.3 Å². The number of methoxy groups -OCH3 is 1. The molecule has 152 valence electrons. The van der Waals surface area contributed by atoms with Gasteiger partial charge in [-0.3, -0.25) is 0 Å². The van der Waals surface area contributed by atoms with Crippen LogP contribution in [0.15, 0.2) is 48.7 Å². The molecule has 0 atom stereocenters. The van der Waals surface area contributed by atoms with E-state index < -0.39 is 5.97 Å². The first-order valence-corrected chi connectivity index (χ1v) is 9.90. The summed E-state index contributed by atoms with van der Waals surface area (Å²) in [6.45, 7) is 1.94. The van der Waals surface area contributed by atoms with Crippen molar-refractivity contribution in [1.82, 2.24) is 15.0 Å². The molecule has 0 fully saturated rings. The van der Waals surface area contributed by atoms with E-state index in [0.29, 0.717) is 26.9 Å². The van der Waals surface area contributed by atoms with Crippen LogP contribution in [0.5, 0.6) is 5.75 Å². The number of aromatic nitrogens is 3. The molecule has 2 aromatic heterocycles. The topological polar surface area (TPSA) is 86.2 Å². The number of rotatable bonds is 6. The fourth-order valence-electron chi connectivity index (χ4n) is 2.77. The molecule has 0 amide bonds. The molecule has 30 heavy (non-hydrogen) atoms. The molecule has 4 rings (SSSR count). The summed E-state index contributed by atoms with van der Waals surface area (Å²) in [6.07, 6.45) is 1.42. The minimum atomic E-state index is -0.548. The van der Waals surface area contributed by atoms with Crippen molar-refractivity contribution in [3.63, 3.8) is 0 Å². The Kier molecular flexibility index (Phi) is 5.53. The van der Waals surface area contributed by atoms with E-state index in [9.17, 15) is 9.18 Å². The summed E-state index contributed by atoms with van der Waals surface area (Å²) in [5.41, 5.74) is 1.58. The molecule has 0 bridgehead atoms. The number of ether oxygens (including phenoxy) is 2. The number of nitrogens with one attached hydrogen (secondary N) is 1. The van der Waals surface area contributed by atoms with Crippen molar-refractivity contribution >= 4 is 38.5 Å². The van der Waals surface area contributed by atoms with Crippen LogP contribution in [0.4, 0.5) is 15.3 Å². The number of nitrogens with zero attached hydrogens (tertiary/aromatic N) is 3. The van der Waals surface area contributed by atoms with Gasteiger partial charge in [-0.1, -0.05) is 11.3 Å². The predicted molar refractivity (Wildman–Crippen MR) is 113 cm³/mol. The zero-order valence-corrected chi connectivity index (χ0v) is 17.0. The number of thiazole rings is 1. The summed E-state index contributed by atoms with van der Waals surface area (Å²) >= 11 is 1.26. The lowest BCUT2D eigenvalue weighted by Gasteiger charge is -2.10. The molecule has 2 aromatic carbocycles. The number of benzene rings is 2. The van der Waals surface area contributed by atoms with E-state index >= 15 is 0 Å². The average Bonchev–Trinajstić information content (AvgIpc) is 3.15. The van der Waals surface area contributed by atoms with Crippen molar-refractivity contribution in [2.24, 2.45) is 0 Å². The largest absolute Gasteiger partial charge is 0.497 e. The molecule has 0 saturated carbocycles. The monoisotopic (exact) mass is 424 g/mol. The maximum atomic E-state index is 13.5. The lowest BCUT2D eigenvalue weighted by atomic mass is 10.2. The highest BCUT2D eigenvalue weighted by atomic mass is 32.1. The highest BCUT2D eigenvalue weighted by molar-refractivity contribution is 7.22. The fourth-order valence-corrected chi connectivity index (χ4v) is 3.66. The van der Waals surface area contributed by atoms with Crippen molar-refractivity contribution in [2.45, 2.75) is 6.92 Å². The van der Waals surface area contributed by atoms with Gasteiger partial charge in [-0.15, -0.1) is 0 Å². The summed E-state index contributed by atoms with van der Waals surface area (Å²) in [7, 11) is 1.59. The first-order valence-electron chi connectivity index (χ1n) is 9.09. The molecular weight excluding hydrogens is 407 g/mol. The van der Waals surface area contributed by atoms with Crippen LogP contribution in [0.2, 0.25) is 0 Å². The maximum Gasteiger partial charge on any atom is 0.343 e. The molecule has 0 aliphatic carbocycles. The van der Waals surface area contributed by atoms with Crippen LogP contribution in [-0.2, 0) is 4.74 Å². The van der Waals surface area contributed by atoms with Crippen LogP contribution >= 0.6 is 11.3 Å². The summed E-state index contributed by atoms with van der Waals surface area (Å²) in [5.74, 6) is 0.498.